The van der Waals surface area contributed by atoms with Gasteiger partial charge in [-0.2, -0.15) is 5.26 Å². The molecule has 0 heterocycles. The molecule has 0 fully saturated rings. The van der Waals surface area contributed by atoms with Crippen LogP contribution in [0, 0.1) is 16.7 Å². The van der Waals surface area contributed by atoms with E-state index >= 15 is 0 Å². The van der Waals surface area contributed by atoms with Crippen molar-refractivity contribution in [2.75, 3.05) is 20.3 Å². The highest BCUT2D eigenvalue weighted by molar-refractivity contribution is 5.97. The lowest BCUT2D eigenvalue weighted by molar-refractivity contribution is 0.203. The zero-order valence-corrected chi connectivity index (χ0v) is 6.92. The van der Waals surface area contributed by atoms with E-state index in [9.17, 15) is 0 Å². The molecule has 4 N–H and O–H groups in total. The monoisotopic (exact) mass is 168 g/mol. The summed E-state index contributed by atoms with van der Waals surface area (Å²) in [5.41, 5.74) is 5.21. The van der Waals surface area contributed by atoms with Crippen LogP contribution in [0.1, 0.15) is 0 Å². The number of rotatable bonds is 5. The minimum absolute atomic E-state index is 0.131. The number of methoxy groups -OCH3 is 1. The van der Waals surface area contributed by atoms with Gasteiger partial charge in [-0.25, -0.2) is 0 Å². The van der Waals surface area contributed by atoms with E-state index in [1.54, 1.807) is 13.2 Å². The van der Waals surface area contributed by atoms with Crippen molar-refractivity contribution < 1.29 is 4.74 Å². The Bertz CT molecular complexity index is 216. The number of amidine groups is 1. The van der Waals surface area contributed by atoms with E-state index in [0.717, 1.165) is 0 Å². The van der Waals surface area contributed by atoms with Crippen molar-refractivity contribution in [3.05, 3.63) is 11.8 Å². The first kappa shape index (κ1) is 10.5. The fourth-order valence-electron chi connectivity index (χ4n) is 0.505. The van der Waals surface area contributed by atoms with Gasteiger partial charge >= 0.3 is 0 Å². The van der Waals surface area contributed by atoms with E-state index in [1.807, 2.05) is 0 Å². The SMILES string of the molecule is COCCN/C=C(/C#N)C(=N)N. The predicted octanol–water partition coefficient (Wildman–Crippen LogP) is -0.434. The van der Waals surface area contributed by atoms with Crippen LogP contribution in [0.2, 0.25) is 0 Å². The van der Waals surface area contributed by atoms with Crippen LogP contribution >= 0.6 is 0 Å². The smallest absolute Gasteiger partial charge is 0.135 e. The predicted molar refractivity (Wildman–Crippen MR) is 45.5 cm³/mol. The maximum atomic E-state index is 8.44. The van der Waals surface area contributed by atoms with Crippen LogP contribution in [0.5, 0.6) is 0 Å². The Kier molecular flexibility index (Phi) is 5.39. The zero-order chi connectivity index (χ0) is 9.40. The van der Waals surface area contributed by atoms with E-state index in [-0.39, 0.29) is 11.4 Å². The third kappa shape index (κ3) is 4.30. The number of nitrogens with two attached hydrogens (primary N) is 1. The molecule has 0 aliphatic carbocycles. The van der Waals surface area contributed by atoms with Crippen LogP contribution in [-0.4, -0.2) is 26.1 Å². The van der Waals surface area contributed by atoms with Gasteiger partial charge in [0.2, 0.25) is 0 Å². The molecule has 5 nitrogen and oxygen atoms in total. The molecule has 0 unspecified atom stereocenters. The summed E-state index contributed by atoms with van der Waals surface area (Å²) in [7, 11) is 1.58. The second-order valence-electron chi connectivity index (χ2n) is 2.03. The number of hydrogen-bond donors (Lipinski definition) is 3. The van der Waals surface area contributed by atoms with E-state index < -0.39 is 0 Å². The number of nitriles is 1. The number of nitrogens with one attached hydrogen (secondary N) is 2. The summed E-state index contributed by atoms with van der Waals surface area (Å²) in [6.45, 7) is 1.14. The molecule has 0 saturated carbocycles. The molecule has 5 heteroatoms. The lowest BCUT2D eigenvalue weighted by Crippen LogP contribution is -2.18. The molecule has 0 bridgehead atoms. The van der Waals surface area contributed by atoms with Crippen molar-refractivity contribution in [1.29, 1.82) is 10.7 Å². The first-order chi connectivity index (χ1) is 5.72. The summed E-state index contributed by atoms with van der Waals surface area (Å²) in [6.07, 6.45) is 1.40. The molecule has 0 atom stereocenters. The summed E-state index contributed by atoms with van der Waals surface area (Å²) in [6, 6.07) is 1.79. The van der Waals surface area contributed by atoms with Gasteiger partial charge in [0.25, 0.3) is 0 Å². The molecule has 0 spiro atoms. The Labute approximate surface area is 71.3 Å². The molecular weight excluding hydrogens is 156 g/mol. The molecular formula is C7H12N4O. The van der Waals surface area contributed by atoms with Gasteiger partial charge in [-0.3, -0.25) is 5.41 Å². The first-order valence-electron chi connectivity index (χ1n) is 3.39. The van der Waals surface area contributed by atoms with Gasteiger partial charge in [-0.05, 0) is 0 Å². The van der Waals surface area contributed by atoms with E-state index in [1.165, 1.54) is 6.20 Å². The second-order valence-corrected chi connectivity index (χ2v) is 2.03. The largest absolute Gasteiger partial charge is 0.387 e. The molecule has 0 aromatic heterocycles. The third-order valence-electron chi connectivity index (χ3n) is 1.11. The quantitative estimate of drug-likeness (QED) is 0.224. The number of ether oxygens (including phenoxy) is 1. The van der Waals surface area contributed by atoms with Crippen molar-refractivity contribution >= 4 is 5.84 Å². The van der Waals surface area contributed by atoms with Gasteiger partial charge in [-0.15, -0.1) is 0 Å². The standard InChI is InChI=1S/C7H12N4O/c1-12-3-2-11-5-6(4-8)7(9)10/h5,11H,2-3H2,1H3,(H3,9,10)/b6-5-. The van der Waals surface area contributed by atoms with E-state index in [4.69, 9.17) is 21.1 Å². The maximum absolute atomic E-state index is 8.44. The lowest BCUT2D eigenvalue weighted by atomic mass is 10.3. The molecule has 66 valence electrons. The molecule has 0 amide bonds. The van der Waals surface area contributed by atoms with Crippen LogP contribution in [0.3, 0.4) is 0 Å². The first-order valence-corrected chi connectivity index (χ1v) is 3.39. The molecule has 12 heavy (non-hydrogen) atoms. The topological polar surface area (TPSA) is 94.9 Å². The third-order valence-corrected chi connectivity index (χ3v) is 1.11. The highest BCUT2D eigenvalue weighted by Gasteiger charge is 1.96. The second kappa shape index (κ2) is 6.19. The molecule has 0 aliphatic heterocycles. The average Bonchev–Trinajstić information content (AvgIpc) is 2.04. The molecule has 0 radical (unpaired) electrons. The van der Waals surface area contributed by atoms with Crippen molar-refractivity contribution in [3.8, 4) is 6.07 Å². The Balaban J connectivity index is 3.81. The minimum atomic E-state index is -0.234. The Morgan fingerprint density at radius 3 is 2.92 bits per heavy atom. The van der Waals surface area contributed by atoms with Gasteiger partial charge in [-0.1, -0.05) is 0 Å². The van der Waals surface area contributed by atoms with Crippen LogP contribution in [-0.2, 0) is 4.74 Å². The van der Waals surface area contributed by atoms with E-state index in [0.29, 0.717) is 13.2 Å². The summed E-state index contributed by atoms with van der Waals surface area (Å²) < 4.78 is 4.76. The molecule has 0 aromatic carbocycles. The molecule has 0 saturated heterocycles. The Morgan fingerprint density at radius 2 is 2.50 bits per heavy atom. The summed E-state index contributed by atoms with van der Waals surface area (Å²) >= 11 is 0. The summed E-state index contributed by atoms with van der Waals surface area (Å²) in [5, 5.41) is 18.2. The normalized spacial score (nSPS) is 10.5. The van der Waals surface area contributed by atoms with Crippen molar-refractivity contribution in [1.82, 2.24) is 5.32 Å². The molecule has 0 rings (SSSR count). The van der Waals surface area contributed by atoms with Gasteiger partial charge in [0.1, 0.15) is 17.5 Å². The Hall–Kier alpha value is -1.54. The zero-order valence-electron chi connectivity index (χ0n) is 6.92. The van der Waals surface area contributed by atoms with Crippen molar-refractivity contribution in [2.45, 2.75) is 0 Å². The number of nitrogens with zero attached hydrogens (tertiary/aromatic N) is 1. The fourth-order valence-corrected chi connectivity index (χ4v) is 0.505. The fraction of sp³-hybridized carbons (Fsp3) is 0.429. The van der Waals surface area contributed by atoms with Crippen LogP contribution in [0.4, 0.5) is 0 Å². The lowest BCUT2D eigenvalue weighted by Gasteiger charge is -1.99. The van der Waals surface area contributed by atoms with Gasteiger partial charge in [0.05, 0.1) is 6.61 Å². The Morgan fingerprint density at radius 1 is 1.83 bits per heavy atom. The average molecular weight is 168 g/mol. The van der Waals surface area contributed by atoms with E-state index in [2.05, 4.69) is 5.32 Å². The molecule has 0 aromatic rings. The highest BCUT2D eigenvalue weighted by Crippen LogP contribution is 1.86. The van der Waals surface area contributed by atoms with Crippen LogP contribution < -0.4 is 11.1 Å². The van der Waals surface area contributed by atoms with Crippen LogP contribution in [0.15, 0.2) is 11.8 Å². The summed E-state index contributed by atoms with van der Waals surface area (Å²) in [5.74, 6) is -0.234. The van der Waals surface area contributed by atoms with Crippen molar-refractivity contribution in [2.24, 2.45) is 5.73 Å². The van der Waals surface area contributed by atoms with Gasteiger partial charge < -0.3 is 15.8 Å². The highest BCUT2D eigenvalue weighted by atomic mass is 16.5. The molecule has 0 aliphatic rings. The minimum Gasteiger partial charge on any atom is -0.387 e. The van der Waals surface area contributed by atoms with Gasteiger partial charge in [0, 0.05) is 19.9 Å². The number of hydrogen-bond acceptors (Lipinski definition) is 4. The van der Waals surface area contributed by atoms with Crippen molar-refractivity contribution in [3.63, 3.8) is 0 Å². The summed E-state index contributed by atoms with van der Waals surface area (Å²) in [4.78, 5) is 0. The van der Waals surface area contributed by atoms with Crippen LogP contribution in [0.25, 0.3) is 0 Å². The maximum Gasteiger partial charge on any atom is 0.135 e. The van der Waals surface area contributed by atoms with Gasteiger partial charge in [0.15, 0.2) is 0 Å².